The largest absolute Gasteiger partial charge is 0.493 e. The van der Waals surface area contributed by atoms with Crippen LogP contribution in [0, 0.1) is 6.92 Å². The molecule has 6 nitrogen and oxygen atoms in total. The van der Waals surface area contributed by atoms with E-state index in [1.54, 1.807) is 6.07 Å². The highest BCUT2D eigenvalue weighted by molar-refractivity contribution is 5.84. The van der Waals surface area contributed by atoms with Gasteiger partial charge in [-0.2, -0.15) is 0 Å². The van der Waals surface area contributed by atoms with Crippen LogP contribution in [0.4, 0.5) is 0 Å². The van der Waals surface area contributed by atoms with E-state index >= 15 is 0 Å². The molecular weight excluding hydrogens is 262 g/mol. The van der Waals surface area contributed by atoms with E-state index < -0.39 is 17.9 Å². The van der Waals surface area contributed by atoms with Crippen LogP contribution in [0.1, 0.15) is 12.5 Å². The van der Waals surface area contributed by atoms with Gasteiger partial charge in [-0.3, -0.25) is 4.79 Å². The van der Waals surface area contributed by atoms with Crippen molar-refractivity contribution in [1.82, 2.24) is 5.32 Å². The maximum absolute atomic E-state index is 11.6. The number of hydrogen-bond acceptors (Lipinski definition) is 5. The summed E-state index contributed by atoms with van der Waals surface area (Å²) in [6.45, 7) is 3.26. The zero-order chi connectivity index (χ0) is 15.1. The third kappa shape index (κ3) is 4.46. The molecule has 0 aliphatic heterocycles. The van der Waals surface area contributed by atoms with Gasteiger partial charge in [0, 0.05) is 0 Å². The number of hydrogen-bond donors (Lipinski definition) is 1. The monoisotopic (exact) mass is 281 g/mol. The first-order valence-corrected chi connectivity index (χ1v) is 6.12. The molecule has 0 heterocycles. The second-order valence-corrected chi connectivity index (χ2v) is 4.26. The van der Waals surface area contributed by atoms with Gasteiger partial charge < -0.3 is 19.5 Å². The Morgan fingerprint density at radius 3 is 2.55 bits per heavy atom. The Labute approximate surface area is 118 Å². The van der Waals surface area contributed by atoms with Crippen LogP contribution in [0.2, 0.25) is 0 Å². The number of carbonyl (C=O) groups excluding carboxylic acids is 2. The standard InChI is InChI=1S/C14H19NO5/c1-9-5-6-11(12(7-9)18-3)20-8-13(16)15-10(2)14(17)19-4/h5-7,10H,8H2,1-4H3,(H,15,16). The molecule has 1 aromatic rings. The SMILES string of the molecule is COC(=O)C(C)NC(=O)COc1ccc(C)cc1OC. The summed E-state index contributed by atoms with van der Waals surface area (Å²) in [5, 5.41) is 2.47. The minimum absolute atomic E-state index is 0.208. The van der Waals surface area contributed by atoms with Gasteiger partial charge in [0.1, 0.15) is 6.04 Å². The first-order chi connectivity index (χ1) is 9.47. The zero-order valence-electron chi connectivity index (χ0n) is 12.1. The fourth-order valence-corrected chi connectivity index (χ4v) is 1.56. The van der Waals surface area contributed by atoms with Crippen molar-refractivity contribution in [3.05, 3.63) is 23.8 Å². The molecule has 1 aromatic carbocycles. The Morgan fingerprint density at radius 1 is 1.25 bits per heavy atom. The second-order valence-electron chi connectivity index (χ2n) is 4.26. The molecule has 0 spiro atoms. The Bertz CT molecular complexity index is 486. The zero-order valence-corrected chi connectivity index (χ0v) is 12.1. The van der Waals surface area contributed by atoms with E-state index in [9.17, 15) is 9.59 Å². The molecule has 0 radical (unpaired) electrons. The van der Waals surface area contributed by atoms with Crippen molar-refractivity contribution in [2.24, 2.45) is 0 Å². The number of rotatable bonds is 6. The van der Waals surface area contributed by atoms with Crippen molar-refractivity contribution in [3.8, 4) is 11.5 Å². The highest BCUT2D eigenvalue weighted by atomic mass is 16.5. The van der Waals surface area contributed by atoms with Crippen LogP contribution in [0.25, 0.3) is 0 Å². The lowest BCUT2D eigenvalue weighted by atomic mass is 10.2. The molecule has 1 amide bonds. The summed E-state index contributed by atoms with van der Waals surface area (Å²) in [6.07, 6.45) is 0. The molecule has 1 N–H and O–H groups in total. The fourth-order valence-electron chi connectivity index (χ4n) is 1.56. The Kier molecular flexibility index (Phi) is 5.83. The van der Waals surface area contributed by atoms with Gasteiger partial charge in [-0.25, -0.2) is 4.79 Å². The van der Waals surface area contributed by atoms with Gasteiger partial charge in [-0.1, -0.05) is 6.07 Å². The van der Waals surface area contributed by atoms with E-state index in [1.807, 2.05) is 19.1 Å². The van der Waals surface area contributed by atoms with E-state index in [0.29, 0.717) is 11.5 Å². The lowest BCUT2D eigenvalue weighted by Gasteiger charge is -2.13. The van der Waals surface area contributed by atoms with Gasteiger partial charge in [0.25, 0.3) is 5.91 Å². The van der Waals surface area contributed by atoms with Crippen molar-refractivity contribution in [1.29, 1.82) is 0 Å². The Balaban J connectivity index is 2.55. The maximum Gasteiger partial charge on any atom is 0.328 e. The van der Waals surface area contributed by atoms with Gasteiger partial charge in [0.2, 0.25) is 0 Å². The second kappa shape index (κ2) is 7.37. The molecule has 0 bridgehead atoms. The summed E-state index contributed by atoms with van der Waals surface area (Å²) >= 11 is 0. The van der Waals surface area contributed by atoms with Crippen molar-refractivity contribution in [3.63, 3.8) is 0 Å². The quantitative estimate of drug-likeness (QED) is 0.789. The number of carbonyl (C=O) groups is 2. The van der Waals surface area contributed by atoms with Crippen molar-refractivity contribution in [2.45, 2.75) is 19.9 Å². The molecule has 6 heteroatoms. The fraction of sp³-hybridized carbons (Fsp3) is 0.429. The molecule has 0 fully saturated rings. The smallest absolute Gasteiger partial charge is 0.328 e. The number of aryl methyl sites for hydroxylation is 1. The molecule has 0 saturated heterocycles. The maximum atomic E-state index is 11.6. The predicted octanol–water partition coefficient (Wildman–Crippen LogP) is 1.06. The van der Waals surface area contributed by atoms with Gasteiger partial charge in [-0.15, -0.1) is 0 Å². The van der Waals surface area contributed by atoms with Crippen LogP contribution in [0.15, 0.2) is 18.2 Å². The number of esters is 1. The molecule has 1 unspecified atom stereocenters. The predicted molar refractivity (Wildman–Crippen MR) is 72.8 cm³/mol. The Morgan fingerprint density at radius 2 is 1.95 bits per heavy atom. The summed E-state index contributed by atoms with van der Waals surface area (Å²) < 4.78 is 15.0. The average molecular weight is 281 g/mol. The first-order valence-electron chi connectivity index (χ1n) is 6.12. The normalized spacial score (nSPS) is 11.4. The number of methoxy groups -OCH3 is 2. The third-order valence-electron chi connectivity index (χ3n) is 2.61. The van der Waals surface area contributed by atoms with Crippen LogP contribution < -0.4 is 14.8 Å². The molecule has 110 valence electrons. The van der Waals surface area contributed by atoms with Crippen molar-refractivity contribution < 1.29 is 23.8 Å². The van der Waals surface area contributed by atoms with Crippen molar-refractivity contribution in [2.75, 3.05) is 20.8 Å². The topological polar surface area (TPSA) is 73.9 Å². The first kappa shape index (κ1) is 15.8. The number of amides is 1. The Hall–Kier alpha value is -2.24. The van der Waals surface area contributed by atoms with E-state index in [2.05, 4.69) is 10.1 Å². The molecular formula is C14H19NO5. The summed E-state index contributed by atoms with van der Waals surface area (Å²) in [5.74, 6) is 0.106. The van der Waals surface area contributed by atoms with E-state index in [1.165, 1.54) is 21.1 Å². The summed E-state index contributed by atoms with van der Waals surface area (Å²) in [4.78, 5) is 22.8. The minimum atomic E-state index is -0.712. The van der Waals surface area contributed by atoms with Crippen LogP contribution in [0.3, 0.4) is 0 Å². The van der Waals surface area contributed by atoms with Crippen LogP contribution >= 0.6 is 0 Å². The number of nitrogens with one attached hydrogen (secondary N) is 1. The van der Waals surface area contributed by atoms with Crippen LogP contribution in [-0.4, -0.2) is 38.7 Å². The lowest BCUT2D eigenvalue weighted by molar-refractivity contribution is -0.144. The highest BCUT2D eigenvalue weighted by Gasteiger charge is 2.16. The lowest BCUT2D eigenvalue weighted by Crippen LogP contribution is -2.41. The number of benzene rings is 1. The summed E-state index contributed by atoms with van der Waals surface area (Å²) in [5.41, 5.74) is 1.03. The van der Waals surface area contributed by atoms with Crippen LogP contribution in [0.5, 0.6) is 11.5 Å². The van der Waals surface area contributed by atoms with Crippen LogP contribution in [-0.2, 0) is 14.3 Å². The van der Waals surface area contributed by atoms with E-state index in [4.69, 9.17) is 9.47 Å². The van der Waals surface area contributed by atoms with E-state index in [0.717, 1.165) is 5.56 Å². The highest BCUT2D eigenvalue weighted by Crippen LogP contribution is 2.27. The van der Waals surface area contributed by atoms with Gasteiger partial charge in [0.05, 0.1) is 14.2 Å². The third-order valence-corrected chi connectivity index (χ3v) is 2.61. The minimum Gasteiger partial charge on any atom is -0.493 e. The molecule has 0 saturated carbocycles. The van der Waals surface area contributed by atoms with E-state index in [-0.39, 0.29) is 6.61 Å². The van der Waals surface area contributed by atoms with Gasteiger partial charge in [-0.05, 0) is 31.5 Å². The molecule has 1 rings (SSSR count). The molecule has 0 aromatic heterocycles. The number of ether oxygens (including phenoxy) is 3. The molecule has 1 atom stereocenters. The van der Waals surface area contributed by atoms with Gasteiger partial charge >= 0.3 is 5.97 Å². The van der Waals surface area contributed by atoms with Crippen molar-refractivity contribution >= 4 is 11.9 Å². The molecule has 20 heavy (non-hydrogen) atoms. The van der Waals surface area contributed by atoms with Gasteiger partial charge in [0.15, 0.2) is 18.1 Å². The summed E-state index contributed by atoms with van der Waals surface area (Å²) in [7, 11) is 2.79. The average Bonchev–Trinajstić information content (AvgIpc) is 2.44. The molecule has 0 aliphatic carbocycles. The summed E-state index contributed by atoms with van der Waals surface area (Å²) in [6, 6.07) is 4.68. The molecule has 0 aliphatic rings.